The van der Waals surface area contributed by atoms with Crippen LogP contribution in [0.25, 0.3) is 0 Å². The number of Topliss-reactive ketones (excluding diaryl/α,β-unsaturated/α-hetero) is 1. The molecule has 15 heavy (non-hydrogen) atoms. The summed E-state index contributed by atoms with van der Waals surface area (Å²) >= 11 is 0. The van der Waals surface area contributed by atoms with Gasteiger partial charge in [0.25, 0.3) is 0 Å². The van der Waals surface area contributed by atoms with Crippen LogP contribution in [0.3, 0.4) is 0 Å². The molecule has 1 radical (unpaired) electrons. The summed E-state index contributed by atoms with van der Waals surface area (Å²) in [6.45, 7) is 3.89. The molecule has 0 fully saturated rings. The molecule has 0 aromatic heterocycles. The monoisotopic (exact) mass is 210 g/mol. The Kier molecular flexibility index (Phi) is 6.78. The van der Waals surface area contributed by atoms with Crippen LogP contribution in [0, 0.1) is 0 Å². The molecule has 0 aliphatic carbocycles. The molecule has 6 heteroatoms. The summed E-state index contributed by atoms with van der Waals surface area (Å²) < 4.78 is 0. The van der Waals surface area contributed by atoms with Crippen LogP contribution in [0.2, 0.25) is 0 Å². The minimum atomic E-state index is -0.227. The standard InChI is InChI=1S/C9H17BN3O2/c1-7(11-3)5-13(6-8(2)14)9(15)4-12-10/h7,11H,4-6H2,1-3H3. The van der Waals surface area contributed by atoms with Crippen LogP contribution >= 0.6 is 0 Å². The summed E-state index contributed by atoms with van der Waals surface area (Å²) in [6.07, 6.45) is 0. The van der Waals surface area contributed by atoms with Crippen molar-refractivity contribution >= 4 is 19.3 Å². The van der Waals surface area contributed by atoms with Gasteiger partial charge in [-0.1, -0.05) is 0 Å². The molecule has 1 unspecified atom stereocenters. The van der Waals surface area contributed by atoms with Gasteiger partial charge >= 0.3 is 90.6 Å². The van der Waals surface area contributed by atoms with Crippen molar-refractivity contribution in [2.24, 2.45) is 4.90 Å². The summed E-state index contributed by atoms with van der Waals surface area (Å²) in [5.41, 5.74) is 0. The van der Waals surface area contributed by atoms with Crippen molar-refractivity contribution in [3.63, 3.8) is 0 Å². The molecule has 1 N–H and O–H groups in total. The zero-order valence-corrected chi connectivity index (χ0v) is 9.49. The van der Waals surface area contributed by atoms with Gasteiger partial charge in [0.05, 0.1) is 0 Å². The van der Waals surface area contributed by atoms with Crippen LogP contribution in [0.15, 0.2) is 4.90 Å². The zero-order chi connectivity index (χ0) is 11.8. The van der Waals surface area contributed by atoms with E-state index in [0.717, 1.165) is 0 Å². The average Bonchev–Trinajstić information content (AvgIpc) is 2.16. The normalized spacial score (nSPS) is 11.9. The molecule has 1 atom stereocenters. The zero-order valence-electron chi connectivity index (χ0n) is 9.49. The van der Waals surface area contributed by atoms with Crippen molar-refractivity contribution < 1.29 is 9.59 Å². The molecule has 0 aliphatic rings. The molecule has 0 spiro atoms. The van der Waals surface area contributed by atoms with Crippen molar-refractivity contribution in [3.8, 4) is 0 Å². The molecule has 1 amide bonds. The Bertz CT molecular complexity index is 246. The molecule has 0 aromatic carbocycles. The third-order valence-corrected chi connectivity index (χ3v) is 1.98. The Morgan fingerprint density at radius 1 is 1.53 bits per heavy atom. The molecule has 83 valence electrons. The van der Waals surface area contributed by atoms with Crippen LogP contribution < -0.4 is 5.32 Å². The fourth-order valence-electron chi connectivity index (χ4n) is 1.12. The molecule has 0 rings (SSSR count). The Hall–Kier alpha value is -1.04. The fourth-order valence-corrected chi connectivity index (χ4v) is 1.12. The number of ketones is 1. The van der Waals surface area contributed by atoms with Gasteiger partial charge in [0, 0.05) is 0 Å². The Labute approximate surface area is 91.3 Å². The summed E-state index contributed by atoms with van der Waals surface area (Å²) in [4.78, 5) is 27.2. The number of nitrogens with one attached hydrogen (secondary N) is 1. The predicted molar refractivity (Wildman–Crippen MR) is 58.8 cm³/mol. The second-order valence-corrected chi connectivity index (χ2v) is 3.51. The maximum absolute atomic E-state index is 11.5. The number of rotatable bonds is 7. The number of carbonyl (C=O) groups is 2. The quantitative estimate of drug-likeness (QED) is 0.568. The summed E-state index contributed by atoms with van der Waals surface area (Å²) in [7, 11) is 6.74. The van der Waals surface area contributed by atoms with Gasteiger partial charge in [-0.25, -0.2) is 0 Å². The molecule has 0 aliphatic heterocycles. The molecule has 0 aromatic rings. The van der Waals surface area contributed by atoms with Gasteiger partial charge in [0.1, 0.15) is 0 Å². The first-order valence-electron chi connectivity index (χ1n) is 4.82. The van der Waals surface area contributed by atoms with Gasteiger partial charge in [-0.15, -0.1) is 0 Å². The van der Waals surface area contributed by atoms with Gasteiger partial charge in [0.2, 0.25) is 0 Å². The topological polar surface area (TPSA) is 61.8 Å². The van der Waals surface area contributed by atoms with Crippen molar-refractivity contribution in [1.82, 2.24) is 10.2 Å². The number of likely N-dealkylation sites (N-methyl/N-ethyl adjacent to an activating group) is 1. The maximum atomic E-state index is 11.5. The third-order valence-electron chi connectivity index (χ3n) is 1.98. The van der Waals surface area contributed by atoms with E-state index in [4.69, 9.17) is 7.64 Å². The van der Waals surface area contributed by atoms with Gasteiger partial charge in [-0.2, -0.15) is 0 Å². The first-order valence-corrected chi connectivity index (χ1v) is 4.82. The molecule has 0 saturated heterocycles. The van der Waals surface area contributed by atoms with Crippen molar-refractivity contribution in [2.75, 3.05) is 26.7 Å². The van der Waals surface area contributed by atoms with E-state index in [0.29, 0.717) is 6.54 Å². The Morgan fingerprint density at radius 2 is 2.13 bits per heavy atom. The number of carbonyl (C=O) groups excluding carboxylic acids is 2. The molecular weight excluding hydrogens is 193 g/mol. The second-order valence-electron chi connectivity index (χ2n) is 3.51. The summed E-state index contributed by atoms with van der Waals surface area (Å²) in [6, 6.07) is 0.131. The van der Waals surface area contributed by atoms with Crippen LogP contribution in [0.1, 0.15) is 13.8 Å². The van der Waals surface area contributed by atoms with Gasteiger partial charge < -0.3 is 0 Å². The Morgan fingerprint density at radius 3 is 2.53 bits per heavy atom. The van der Waals surface area contributed by atoms with Gasteiger partial charge in [0.15, 0.2) is 0 Å². The fraction of sp³-hybridized carbons (Fsp3) is 0.778. The second kappa shape index (κ2) is 7.28. The van der Waals surface area contributed by atoms with Crippen LogP contribution in [-0.2, 0) is 9.59 Å². The minimum absolute atomic E-state index is 0.0522. The first-order chi connectivity index (χ1) is 7.01. The summed E-state index contributed by atoms with van der Waals surface area (Å²) in [5.74, 6) is -0.279. The van der Waals surface area contributed by atoms with Crippen LogP contribution in [0.5, 0.6) is 0 Å². The number of hydrogen-bond donors (Lipinski definition) is 1. The van der Waals surface area contributed by atoms with Crippen molar-refractivity contribution in [2.45, 2.75) is 19.9 Å². The van der Waals surface area contributed by atoms with E-state index in [-0.39, 0.29) is 30.8 Å². The molecular formula is C9H17BN3O2. The van der Waals surface area contributed by atoms with Crippen LogP contribution in [0.4, 0.5) is 0 Å². The van der Waals surface area contributed by atoms with Crippen molar-refractivity contribution in [3.05, 3.63) is 0 Å². The van der Waals surface area contributed by atoms with E-state index in [1.807, 2.05) is 6.92 Å². The van der Waals surface area contributed by atoms with E-state index in [1.54, 1.807) is 7.05 Å². The number of nitrogens with zero attached hydrogens (tertiary/aromatic N) is 2. The SMILES string of the molecule is [B]=NCC(=O)N(CC(C)=O)CC(C)NC. The third kappa shape index (κ3) is 6.12. The predicted octanol–water partition coefficient (Wildman–Crippen LogP) is -0.636. The van der Waals surface area contributed by atoms with E-state index >= 15 is 0 Å². The van der Waals surface area contributed by atoms with Gasteiger partial charge in [-0.3, -0.25) is 0 Å². The Balaban J connectivity index is 4.35. The first kappa shape index (κ1) is 14.0. The van der Waals surface area contributed by atoms with Gasteiger partial charge in [-0.05, 0) is 0 Å². The molecule has 0 saturated carbocycles. The average molecular weight is 210 g/mol. The van der Waals surface area contributed by atoms with E-state index in [9.17, 15) is 9.59 Å². The molecule has 0 bridgehead atoms. The number of hydrogen-bond acceptors (Lipinski definition) is 4. The van der Waals surface area contributed by atoms with E-state index in [2.05, 4.69) is 10.2 Å². The van der Waals surface area contributed by atoms with E-state index in [1.165, 1.54) is 11.8 Å². The summed E-state index contributed by atoms with van der Waals surface area (Å²) in [5, 5.41) is 3.00. The van der Waals surface area contributed by atoms with Crippen molar-refractivity contribution in [1.29, 1.82) is 0 Å². The molecule has 5 nitrogen and oxygen atoms in total. The van der Waals surface area contributed by atoms with Crippen LogP contribution in [-0.4, -0.2) is 57.0 Å². The van der Waals surface area contributed by atoms with E-state index < -0.39 is 0 Å². The number of amides is 1. The molecule has 0 heterocycles.